The normalized spacial score (nSPS) is 10.2. The van der Waals surface area contributed by atoms with E-state index >= 15 is 0 Å². The summed E-state index contributed by atoms with van der Waals surface area (Å²) in [7, 11) is 0. The van der Waals surface area contributed by atoms with Crippen LogP contribution in [0.5, 0.6) is 0 Å². The van der Waals surface area contributed by atoms with Crippen molar-refractivity contribution in [3.05, 3.63) is 35.4 Å². The maximum Gasteiger partial charge on any atom is 0.307 e. The quantitative estimate of drug-likeness (QED) is 0.817. The molecule has 0 radical (unpaired) electrons. The van der Waals surface area contributed by atoms with E-state index in [0.717, 1.165) is 34.3 Å². The summed E-state index contributed by atoms with van der Waals surface area (Å²) in [5, 5.41) is 8.70. The summed E-state index contributed by atoms with van der Waals surface area (Å²) in [6.07, 6.45) is 0.0747. The lowest BCUT2D eigenvalue weighted by Gasteiger charge is -2.20. The van der Waals surface area contributed by atoms with Gasteiger partial charge in [-0.05, 0) is 25.0 Å². The molecule has 0 aromatic heterocycles. The molecule has 0 saturated carbocycles. The lowest BCUT2D eigenvalue weighted by Crippen LogP contribution is -2.26. The van der Waals surface area contributed by atoms with Crippen molar-refractivity contribution in [3.63, 3.8) is 0 Å². The van der Waals surface area contributed by atoms with E-state index in [-0.39, 0.29) is 6.42 Å². The standard InChI is InChI=1S/C14H19NO2S2/c1-3-15(4-2)14(18)19-10-12-7-5-11(6-8-12)9-13(16)17/h5-8H,3-4,9-10H2,1-2H3,(H,16,17). The van der Waals surface area contributed by atoms with Gasteiger partial charge in [-0.1, -0.05) is 48.2 Å². The zero-order valence-electron chi connectivity index (χ0n) is 11.3. The van der Waals surface area contributed by atoms with Gasteiger partial charge in [0.15, 0.2) is 0 Å². The highest BCUT2D eigenvalue weighted by atomic mass is 32.2. The second-order valence-corrected chi connectivity index (χ2v) is 5.72. The Balaban J connectivity index is 2.50. The monoisotopic (exact) mass is 297 g/mol. The molecule has 19 heavy (non-hydrogen) atoms. The van der Waals surface area contributed by atoms with Gasteiger partial charge in [0.05, 0.1) is 6.42 Å². The first kappa shape index (κ1) is 16.0. The summed E-state index contributed by atoms with van der Waals surface area (Å²) in [4.78, 5) is 12.7. The second-order valence-electron chi connectivity index (χ2n) is 4.11. The summed E-state index contributed by atoms with van der Waals surface area (Å²) in [5.41, 5.74) is 1.99. The number of carboxylic acid groups (broad SMARTS) is 1. The topological polar surface area (TPSA) is 40.5 Å². The molecule has 0 bridgehead atoms. The van der Waals surface area contributed by atoms with Crippen LogP contribution in [0.1, 0.15) is 25.0 Å². The molecule has 0 spiro atoms. The Kier molecular flexibility index (Phi) is 6.87. The van der Waals surface area contributed by atoms with Gasteiger partial charge >= 0.3 is 5.97 Å². The highest BCUT2D eigenvalue weighted by molar-refractivity contribution is 8.22. The van der Waals surface area contributed by atoms with Gasteiger partial charge in [-0.3, -0.25) is 4.79 Å². The van der Waals surface area contributed by atoms with Crippen LogP contribution in [0.3, 0.4) is 0 Å². The van der Waals surface area contributed by atoms with Gasteiger partial charge in [0, 0.05) is 18.8 Å². The fourth-order valence-corrected chi connectivity index (χ4v) is 3.00. The first-order valence-corrected chi connectivity index (χ1v) is 7.67. The first-order chi connectivity index (χ1) is 9.06. The van der Waals surface area contributed by atoms with Crippen LogP contribution in [-0.4, -0.2) is 33.4 Å². The fourth-order valence-electron chi connectivity index (χ4n) is 1.65. The Hall–Kier alpha value is -1.07. The van der Waals surface area contributed by atoms with E-state index in [0.29, 0.717) is 0 Å². The molecule has 1 rings (SSSR count). The molecule has 1 aromatic rings. The number of hydrogen-bond acceptors (Lipinski definition) is 3. The molecule has 0 aliphatic carbocycles. The van der Waals surface area contributed by atoms with Crippen LogP contribution in [0.2, 0.25) is 0 Å². The Bertz CT molecular complexity index is 428. The van der Waals surface area contributed by atoms with Gasteiger partial charge in [-0.25, -0.2) is 0 Å². The predicted molar refractivity (Wildman–Crippen MR) is 84.6 cm³/mol. The molecule has 0 atom stereocenters. The summed E-state index contributed by atoms with van der Waals surface area (Å²) >= 11 is 7.01. The summed E-state index contributed by atoms with van der Waals surface area (Å²) in [6.45, 7) is 6.05. The second kappa shape index (κ2) is 8.17. The SMILES string of the molecule is CCN(CC)C(=S)SCc1ccc(CC(=O)O)cc1. The van der Waals surface area contributed by atoms with Crippen molar-refractivity contribution in [2.24, 2.45) is 0 Å². The number of aliphatic carboxylic acids is 1. The highest BCUT2D eigenvalue weighted by Crippen LogP contribution is 2.17. The Morgan fingerprint density at radius 3 is 2.21 bits per heavy atom. The Morgan fingerprint density at radius 1 is 1.21 bits per heavy atom. The van der Waals surface area contributed by atoms with E-state index in [4.69, 9.17) is 17.3 Å². The van der Waals surface area contributed by atoms with Gasteiger partial charge in [-0.15, -0.1) is 0 Å². The van der Waals surface area contributed by atoms with Crippen LogP contribution in [-0.2, 0) is 17.0 Å². The number of nitrogens with zero attached hydrogens (tertiary/aromatic N) is 1. The van der Waals surface area contributed by atoms with E-state index in [9.17, 15) is 4.79 Å². The third kappa shape index (κ3) is 5.61. The van der Waals surface area contributed by atoms with Crippen LogP contribution in [0, 0.1) is 0 Å². The fraction of sp³-hybridized carbons (Fsp3) is 0.429. The van der Waals surface area contributed by atoms with E-state index < -0.39 is 5.97 Å². The molecule has 0 saturated heterocycles. The number of benzene rings is 1. The predicted octanol–water partition coefficient (Wildman–Crippen LogP) is 3.17. The number of thioether (sulfide) groups is 1. The molecule has 0 aliphatic rings. The molecule has 0 heterocycles. The molecular formula is C14H19NO2S2. The average Bonchev–Trinajstić information content (AvgIpc) is 2.38. The highest BCUT2D eigenvalue weighted by Gasteiger charge is 2.06. The lowest BCUT2D eigenvalue weighted by atomic mass is 10.1. The summed E-state index contributed by atoms with van der Waals surface area (Å²) in [5.74, 6) is 0.0210. The lowest BCUT2D eigenvalue weighted by molar-refractivity contribution is -0.136. The summed E-state index contributed by atoms with van der Waals surface area (Å²) < 4.78 is 0.916. The number of carbonyl (C=O) groups is 1. The molecule has 1 aromatic carbocycles. The van der Waals surface area contributed by atoms with E-state index in [1.807, 2.05) is 24.3 Å². The van der Waals surface area contributed by atoms with Crippen molar-refractivity contribution in [1.82, 2.24) is 4.90 Å². The number of hydrogen-bond donors (Lipinski definition) is 1. The molecule has 0 amide bonds. The van der Waals surface area contributed by atoms with E-state index in [2.05, 4.69) is 18.7 Å². The average molecular weight is 297 g/mol. The Morgan fingerprint density at radius 2 is 1.74 bits per heavy atom. The van der Waals surface area contributed by atoms with E-state index in [1.165, 1.54) is 0 Å². The van der Waals surface area contributed by atoms with Crippen LogP contribution >= 0.6 is 24.0 Å². The van der Waals surface area contributed by atoms with Crippen LogP contribution < -0.4 is 0 Å². The number of thiocarbonyl (C=S) groups is 1. The first-order valence-electron chi connectivity index (χ1n) is 6.28. The van der Waals surface area contributed by atoms with Crippen molar-refractivity contribution in [1.29, 1.82) is 0 Å². The van der Waals surface area contributed by atoms with Gasteiger partial charge in [0.2, 0.25) is 0 Å². The maximum absolute atomic E-state index is 10.6. The third-order valence-electron chi connectivity index (χ3n) is 2.76. The van der Waals surface area contributed by atoms with Crippen LogP contribution in [0.4, 0.5) is 0 Å². The van der Waals surface area contributed by atoms with Gasteiger partial charge in [0.25, 0.3) is 0 Å². The van der Waals surface area contributed by atoms with Gasteiger partial charge in [0.1, 0.15) is 4.32 Å². The smallest absolute Gasteiger partial charge is 0.307 e. The van der Waals surface area contributed by atoms with Gasteiger partial charge < -0.3 is 10.0 Å². The molecule has 1 N–H and O–H groups in total. The molecule has 0 fully saturated rings. The zero-order valence-corrected chi connectivity index (χ0v) is 12.9. The minimum Gasteiger partial charge on any atom is -0.481 e. The zero-order chi connectivity index (χ0) is 14.3. The van der Waals surface area contributed by atoms with Crippen LogP contribution in [0.25, 0.3) is 0 Å². The van der Waals surface area contributed by atoms with Gasteiger partial charge in [-0.2, -0.15) is 0 Å². The van der Waals surface area contributed by atoms with Crippen molar-refractivity contribution >= 4 is 34.3 Å². The Labute approximate surface area is 124 Å². The summed E-state index contributed by atoms with van der Waals surface area (Å²) in [6, 6.07) is 7.67. The molecule has 5 heteroatoms. The van der Waals surface area contributed by atoms with Crippen molar-refractivity contribution in [2.45, 2.75) is 26.0 Å². The minimum absolute atomic E-state index is 0.0747. The van der Waals surface area contributed by atoms with E-state index in [1.54, 1.807) is 11.8 Å². The molecule has 0 unspecified atom stereocenters. The van der Waals surface area contributed by atoms with Crippen LogP contribution in [0.15, 0.2) is 24.3 Å². The van der Waals surface area contributed by atoms with Crippen molar-refractivity contribution in [3.8, 4) is 0 Å². The largest absolute Gasteiger partial charge is 0.481 e. The number of carboxylic acids is 1. The minimum atomic E-state index is -0.801. The van der Waals surface area contributed by atoms with Crippen molar-refractivity contribution in [2.75, 3.05) is 13.1 Å². The third-order valence-corrected chi connectivity index (χ3v) is 4.36. The molecule has 3 nitrogen and oxygen atoms in total. The van der Waals surface area contributed by atoms with Crippen molar-refractivity contribution < 1.29 is 9.90 Å². The number of rotatable bonds is 6. The maximum atomic E-state index is 10.6. The molecular weight excluding hydrogens is 278 g/mol. The molecule has 104 valence electrons. The molecule has 0 aliphatic heterocycles.